The number of ether oxygens (including phenoxy) is 3. The molecule has 10 heteroatoms. The molecule has 2 aliphatic rings. The molecule has 0 aromatic heterocycles. The van der Waals surface area contributed by atoms with Crippen molar-refractivity contribution in [2.75, 3.05) is 46.5 Å². The number of carbonyl (C=O) groups is 2. The number of aliphatic hydroxyl groups is 1. The molecule has 0 spiro atoms. The highest BCUT2D eigenvalue weighted by molar-refractivity contribution is 6.30. The van der Waals surface area contributed by atoms with E-state index in [1.807, 2.05) is 77.9 Å². The number of aliphatic hydroxyl groups excluding tert-OH is 1. The number of hydrogen-bond acceptors (Lipinski definition) is 6. The zero-order valence-electron chi connectivity index (χ0n) is 28.5. The monoisotopic (exact) mass is 678 g/mol. The number of rotatable bonds is 6. The van der Waals surface area contributed by atoms with Crippen LogP contribution in [0.5, 0.6) is 0 Å². The molecular formula is C36H52Cl2N2O6. The van der Waals surface area contributed by atoms with Crippen molar-refractivity contribution in [2.45, 2.75) is 95.7 Å². The Labute approximate surface area is 285 Å². The number of hydrogen-bond donors (Lipinski definition) is 1. The predicted octanol–water partition coefficient (Wildman–Crippen LogP) is 8.25. The summed E-state index contributed by atoms with van der Waals surface area (Å²) in [6, 6.07) is 15.8. The Morgan fingerprint density at radius 1 is 0.696 bits per heavy atom. The van der Waals surface area contributed by atoms with Gasteiger partial charge >= 0.3 is 12.2 Å². The van der Waals surface area contributed by atoms with Crippen LogP contribution in [0.3, 0.4) is 0 Å². The molecule has 4 rings (SSSR count). The minimum absolute atomic E-state index is 0.0716. The number of methoxy groups -OCH3 is 1. The lowest BCUT2D eigenvalue weighted by Gasteiger charge is -2.42. The molecule has 2 aromatic carbocycles. The van der Waals surface area contributed by atoms with Crippen molar-refractivity contribution < 1.29 is 28.9 Å². The second-order valence-corrected chi connectivity index (χ2v) is 15.3. The highest BCUT2D eigenvalue weighted by Crippen LogP contribution is 2.40. The lowest BCUT2D eigenvalue weighted by molar-refractivity contribution is 0.00956. The van der Waals surface area contributed by atoms with Gasteiger partial charge in [0.05, 0.1) is 6.61 Å². The summed E-state index contributed by atoms with van der Waals surface area (Å²) in [6.45, 7) is 14.7. The molecule has 0 saturated carbocycles. The fourth-order valence-corrected chi connectivity index (χ4v) is 6.44. The van der Waals surface area contributed by atoms with Gasteiger partial charge in [-0.25, -0.2) is 9.59 Å². The first-order valence-electron chi connectivity index (χ1n) is 16.1. The first-order chi connectivity index (χ1) is 21.5. The van der Waals surface area contributed by atoms with Crippen LogP contribution in [0.1, 0.15) is 84.8 Å². The highest BCUT2D eigenvalue weighted by atomic mass is 35.5. The van der Waals surface area contributed by atoms with E-state index in [1.165, 1.54) is 11.1 Å². The second kappa shape index (κ2) is 16.1. The Morgan fingerprint density at radius 3 is 1.37 bits per heavy atom. The number of carbonyl (C=O) groups excluding carboxylic acids is 2. The molecule has 0 aliphatic carbocycles. The third-order valence-electron chi connectivity index (χ3n) is 8.67. The van der Waals surface area contributed by atoms with E-state index in [1.54, 1.807) is 16.9 Å². The average Bonchev–Trinajstić information content (AvgIpc) is 2.97. The van der Waals surface area contributed by atoms with Gasteiger partial charge in [0.2, 0.25) is 0 Å². The molecule has 2 aliphatic heterocycles. The van der Waals surface area contributed by atoms with E-state index in [0.29, 0.717) is 44.2 Å². The normalized spacial score (nSPS) is 17.9. The number of benzene rings is 2. The Morgan fingerprint density at radius 2 is 1.04 bits per heavy atom. The molecule has 0 atom stereocenters. The standard InChI is InChI=1S/2C18H26ClNO3/c1-17(2,3)23-16(21)20-11-9-18(10-12-20,13-22-4)14-5-7-15(19)8-6-14;1-17(2,3)23-16(22)20-11-8-18(9-12-20,10-13-21)14-4-6-15(19)7-5-14/h5-8H,9-13H2,1-4H3;4-7,21H,8-13H2,1-3H3. The van der Waals surface area contributed by atoms with Crippen LogP contribution in [-0.4, -0.2) is 84.8 Å². The van der Waals surface area contributed by atoms with Crippen LogP contribution in [0, 0.1) is 0 Å². The summed E-state index contributed by atoms with van der Waals surface area (Å²) in [4.78, 5) is 28.0. The van der Waals surface area contributed by atoms with Gasteiger partial charge in [-0.05, 0) is 109 Å². The summed E-state index contributed by atoms with van der Waals surface area (Å²) in [5, 5.41) is 10.9. The average molecular weight is 680 g/mol. The van der Waals surface area contributed by atoms with Gasteiger partial charge in [-0.3, -0.25) is 0 Å². The van der Waals surface area contributed by atoms with Crippen molar-refractivity contribution in [3.05, 3.63) is 69.7 Å². The molecule has 0 radical (unpaired) electrons. The van der Waals surface area contributed by atoms with Crippen LogP contribution in [0.15, 0.2) is 48.5 Å². The van der Waals surface area contributed by atoms with Crippen molar-refractivity contribution in [1.29, 1.82) is 0 Å². The fourth-order valence-electron chi connectivity index (χ4n) is 6.18. The van der Waals surface area contributed by atoms with E-state index in [0.717, 1.165) is 30.7 Å². The summed E-state index contributed by atoms with van der Waals surface area (Å²) in [5.74, 6) is 0. The van der Waals surface area contributed by atoms with Crippen molar-refractivity contribution in [2.24, 2.45) is 0 Å². The summed E-state index contributed by atoms with van der Waals surface area (Å²) in [5.41, 5.74) is 1.28. The molecule has 8 nitrogen and oxygen atoms in total. The van der Waals surface area contributed by atoms with Crippen molar-refractivity contribution in [3.8, 4) is 0 Å². The van der Waals surface area contributed by atoms with Crippen LogP contribution < -0.4 is 0 Å². The molecule has 256 valence electrons. The fraction of sp³-hybridized carbons (Fsp3) is 0.611. The zero-order chi connectivity index (χ0) is 34.2. The molecule has 2 aromatic rings. The Hall–Kier alpha value is -2.52. The summed E-state index contributed by atoms with van der Waals surface area (Å²) in [7, 11) is 1.72. The van der Waals surface area contributed by atoms with Gasteiger partial charge < -0.3 is 29.1 Å². The predicted molar refractivity (Wildman–Crippen MR) is 184 cm³/mol. The molecule has 46 heavy (non-hydrogen) atoms. The molecule has 0 unspecified atom stereocenters. The Kier molecular flexibility index (Phi) is 13.2. The van der Waals surface area contributed by atoms with Gasteiger partial charge in [-0.2, -0.15) is 0 Å². The van der Waals surface area contributed by atoms with Gasteiger partial charge in [0, 0.05) is 60.8 Å². The van der Waals surface area contributed by atoms with Crippen LogP contribution >= 0.6 is 23.2 Å². The topological polar surface area (TPSA) is 88.5 Å². The highest BCUT2D eigenvalue weighted by Gasteiger charge is 2.39. The van der Waals surface area contributed by atoms with Gasteiger partial charge in [-0.1, -0.05) is 47.5 Å². The number of halogens is 2. The SMILES string of the molecule is CC(C)(C)OC(=O)N1CCC(CCO)(c2ccc(Cl)cc2)CC1.COCC1(c2ccc(Cl)cc2)CCN(C(=O)OC(C)(C)C)CC1. The largest absolute Gasteiger partial charge is 0.444 e. The first kappa shape index (κ1) is 37.9. The van der Waals surface area contributed by atoms with E-state index in [4.69, 9.17) is 37.4 Å². The number of piperidine rings is 2. The summed E-state index contributed by atoms with van der Waals surface area (Å²) >= 11 is 12.0. The number of nitrogens with zero attached hydrogens (tertiary/aromatic N) is 2. The Bertz CT molecular complexity index is 1160. The van der Waals surface area contributed by atoms with Gasteiger partial charge in [-0.15, -0.1) is 0 Å². The molecular weight excluding hydrogens is 627 g/mol. The molecule has 2 fully saturated rings. The van der Waals surface area contributed by atoms with Crippen LogP contribution in [0.4, 0.5) is 9.59 Å². The van der Waals surface area contributed by atoms with Crippen molar-refractivity contribution in [1.82, 2.24) is 9.80 Å². The quantitative estimate of drug-likeness (QED) is 0.331. The Balaban J connectivity index is 0.000000250. The van der Waals surface area contributed by atoms with E-state index < -0.39 is 11.2 Å². The van der Waals surface area contributed by atoms with E-state index in [9.17, 15) is 14.7 Å². The van der Waals surface area contributed by atoms with Crippen LogP contribution in [0.2, 0.25) is 10.0 Å². The maximum atomic E-state index is 12.2. The van der Waals surface area contributed by atoms with E-state index in [-0.39, 0.29) is 29.6 Å². The molecule has 2 amide bonds. The first-order valence-corrected chi connectivity index (χ1v) is 16.8. The van der Waals surface area contributed by atoms with Crippen LogP contribution in [-0.2, 0) is 25.0 Å². The van der Waals surface area contributed by atoms with Crippen molar-refractivity contribution >= 4 is 35.4 Å². The second-order valence-electron chi connectivity index (χ2n) is 14.4. The lowest BCUT2D eigenvalue weighted by Crippen LogP contribution is -2.48. The number of amides is 2. The third kappa shape index (κ3) is 10.8. The lowest BCUT2D eigenvalue weighted by atomic mass is 9.70. The van der Waals surface area contributed by atoms with Gasteiger partial charge in [0.15, 0.2) is 0 Å². The van der Waals surface area contributed by atoms with Crippen LogP contribution in [0.25, 0.3) is 0 Å². The van der Waals surface area contributed by atoms with Gasteiger partial charge in [0.1, 0.15) is 11.2 Å². The van der Waals surface area contributed by atoms with Crippen molar-refractivity contribution in [3.63, 3.8) is 0 Å². The third-order valence-corrected chi connectivity index (χ3v) is 9.17. The maximum absolute atomic E-state index is 12.2. The zero-order valence-corrected chi connectivity index (χ0v) is 30.0. The van der Waals surface area contributed by atoms with E-state index >= 15 is 0 Å². The maximum Gasteiger partial charge on any atom is 0.410 e. The van der Waals surface area contributed by atoms with Gasteiger partial charge in [0.25, 0.3) is 0 Å². The molecule has 1 N–H and O–H groups in total. The molecule has 0 bridgehead atoms. The molecule has 2 saturated heterocycles. The minimum atomic E-state index is -0.479. The summed E-state index contributed by atoms with van der Waals surface area (Å²) in [6.07, 6.45) is 3.52. The van der Waals surface area contributed by atoms with E-state index in [2.05, 4.69) is 12.1 Å². The smallest absolute Gasteiger partial charge is 0.410 e. The number of likely N-dealkylation sites (tertiary alicyclic amines) is 2. The minimum Gasteiger partial charge on any atom is -0.444 e. The molecule has 2 heterocycles. The summed E-state index contributed by atoms with van der Waals surface area (Å²) < 4.78 is 16.4.